The van der Waals surface area contributed by atoms with Crippen LogP contribution >= 0.6 is 11.6 Å². The van der Waals surface area contributed by atoms with E-state index in [0.29, 0.717) is 29.8 Å². The van der Waals surface area contributed by atoms with E-state index in [2.05, 4.69) is 11.8 Å². The van der Waals surface area contributed by atoms with Gasteiger partial charge in [0.2, 0.25) is 0 Å². The van der Waals surface area contributed by atoms with Gasteiger partial charge in [-0.2, -0.15) is 0 Å². The summed E-state index contributed by atoms with van der Waals surface area (Å²) < 4.78 is 15.4. The average molecular weight is 428 g/mol. The molecule has 0 radical (unpaired) electrons. The number of benzene rings is 2. The zero-order valence-corrected chi connectivity index (χ0v) is 18.3. The number of nitrogens with zero attached hydrogens (tertiary/aromatic N) is 3. The number of halogens is 2. The number of likely N-dealkylation sites (tertiary alicyclic amines) is 1. The summed E-state index contributed by atoms with van der Waals surface area (Å²) >= 11 is 5.95. The fourth-order valence-electron chi connectivity index (χ4n) is 4.43. The van der Waals surface area contributed by atoms with Crippen molar-refractivity contribution in [2.45, 2.75) is 39.7 Å². The van der Waals surface area contributed by atoms with Crippen LogP contribution in [-0.2, 0) is 13.0 Å². The second-order valence-electron chi connectivity index (χ2n) is 8.06. The SMILES string of the molecule is CCc1nc2ccc(-c3ccc(F)c(Cl)c3)cc2c(=O)n1C[C@H]1CCCN(CC)C1. The van der Waals surface area contributed by atoms with Crippen LogP contribution in [0.5, 0.6) is 0 Å². The highest BCUT2D eigenvalue weighted by Gasteiger charge is 2.21. The van der Waals surface area contributed by atoms with E-state index in [0.717, 1.165) is 43.0 Å². The average Bonchev–Trinajstić information content (AvgIpc) is 2.77. The van der Waals surface area contributed by atoms with Crippen LogP contribution in [0.15, 0.2) is 41.2 Å². The summed E-state index contributed by atoms with van der Waals surface area (Å²) in [6.45, 7) is 8.14. The van der Waals surface area contributed by atoms with Gasteiger partial charge in [-0.3, -0.25) is 9.36 Å². The van der Waals surface area contributed by atoms with Crippen molar-refractivity contribution in [2.75, 3.05) is 19.6 Å². The quantitative estimate of drug-likeness (QED) is 0.565. The number of aromatic nitrogens is 2. The predicted molar refractivity (Wildman–Crippen MR) is 121 cm³/mol. The van der Waals surface area contributed by atoms with Gasteiger partial charge in [0, 0.05) is 19.5 Å². The maximum absolute atomic E-state index is 13.5. The third-order valence-corrected chi connectivity index (χ3v) is 6.38. The molecule has 1 fully saturated rings. The molecule has 1 aliphatic rings. The molecular formula is C24H27ClFN3O. The standard InChI is InChI=1S/C24H27ClFN3O/c1-3-23-27-22-10-8-17(18-7-9-21(26)20(25)13-18)12-19(22)24(30)29(23)15-16-6-5-11-28(4-2)14-16/h7-10,12-13,16H,3-6,11,14-15H2,1-2H3/t16-/m0/s1. The molecule has 4 rings (SSSR count). The van der Waals surface area contributed by atoms with Gasteiger partial charge in [0.05, 0.1) is 15.9 Å². The molecule has 6 heteroatoms. The van der Waals surface area contributed by atoms with Crippen molar-refractivity contribution in [1.29, 1.82) is 0 Å². The molecule has 1 saturated heterocycles. The molecule has 0 amide bonds. The topological polar surface area (TPSA) is 38.1 Å². The molecule has 4 nitrogen and oxygen atoms in total. The predicted octanol–water partition coefficient (Wildman–Crippen LogP) is 5.15. The smallest absolute Gasteiger partial charge is 0.261 e. The van der Waals surface area contributed by atoms with Crippen LogP contribution in [0.3, 0.4) is 0 Å². The Morgan fingerprint density at radius 1 is 1.17 bits per heavy atom. The van der Waals surface area contributed by atoms with Crippen molar-refractivity contribution in [3.8, 4) is 11.1 Å². The lowest BCUT2D eigenvalue weighted by Crippen LogP contribution is -2.39. The van der Waals surface area contributed by atoms with E-state index in [1.54, 1.807) is 12.1 Å². The van der Waals surface area contributed by atoms with E-state index >= 15 is 0 Å². The first-order valence-electron chi connectivity index (χ1n) is 10.7. The Labute approximate surface area is 181 Å². The fraction of sp³-hybridized carbons (Fsp3) is 0.417. The molecule has 1 atom stereocenters. The number of fused-ring (bicyclic) bond motifs is 1. The second kappa shape index (κ2) is 8.86. The largest absolute Gasteiger partial charge is 0.303 e. The van der Waals surface area contributed by atoms with Crippen molar-refractivity contribution in [3.63, 3.8) is 0 Å². The van der Waals surface area contributed by atoms with E-state index in [-0.39, 0.29) is 10.6 Å². The van der Waals surface area contributed by atoms with Crippen molar-refractivity contribution in [3.05, 3.63) is 63.4 Å². The summed E-state index contributed by atoms with van der Waals surface area (Å²) in [5.41, 5.74) is 2.30. The summed E-state index contributed by atoms with van der Waals surface area (Å²) in [6, 6.07) is 10.2. The van der Waals surface area contributed by atoms with Gasteiger partial charge in [0.25, 0.3) is 5.56 Å². The first kappa shape index (κ1) is 21.0. The highest BCUT2D eigenvalue weighted by Crippen LogP contribution is 2.27. The second-order valence-corrected chi connectivity index (χ2v) is 8.47. The van der Waals surface area contributed by atoms with Gasteiger partial charge in [0.15, 0.2) is 0 Å². The molecule has 0 bridgehead atoms. The van der Waals surface area contributed by atoms with Crippen LogP contribution in [0.25, 0.3) is 22.0 Å². The van der Waals surface area contributed by atoms with Crippen molar-refractivity contribution in [2.24, 2.45) is 5.92 Å². The minimum Gasteiger partial charge on any atom is -0.303 e. The molecule has 3 aromatic rings. The lowest BCUT2D eigenvalue weighted by atomic mass is 9.97. The van der Waals surface area contributed by atoms with Crippen LogP contribution < -0.4 is 5.56 Å². The van der Waals surface area contributed by atoms with Gasteiger partial charge in [0.1, 0.15) is 11.6 Å². The molecule has 1 aromatic heterocycles. The minimum atomic E-state index is -0.452. The highest BCUT2D eigenvalue weighted by atomic mass is 35.5. The van der Waals surface area contributed by atoms with E-state index in [9.17, 15) is 9.18 Å². The number of hydrogen-bond donors (Lipinski definition) is 0. The summed E-state index contributed by atoms with van der Waals surface area (Å²) in [5, 5.41) is 0.663. The molecule has 30 heavy (non-hydrogen) atoms. The van der Waals surface area contributed by atoms with Crippen molar-refractivity contribution in [1.82, 2.24) is 14.5 Å². The maximum atomic E-state index is 13.5. The summed E-state index contributed by atoms with van der Waals surface area (Å²) in [7, 11) is 0. The van der Waals surface area contributed by atoms with Crippen LogP contribution in [0.2, 0.25) is 5.02 Å². The summed E-state index contributed by atoms with van der Waals surface area (Å²) in [6.07, 6.45) is 3.02. The molecule has 0 aliphatic carbocycles. The Balaban J connectivity index is 1.75. The molecule has 0 unspecified atom stereocenters. The Hall–Kier alpha value is -2.24. The van der Waals surface area contributed by atoms with E-state index in [4.69, 9.17) is 16.6 Å². The van der Waals surface area contributed by atoms with Crippen LogP contribution in [0.1, 0.15) is 32.5 Å². The number of aryl methyl sites for hydroxylation is 1. The van der Waals surface area contributed by atoms with Gasteiger partial charge in [-0.1, -0.05) is 37.6 Å². The molecule has 0 saturated carbocycles. The van der Waals surface area contributed by atoms with E-state index in [1.807, 2.05) is 29.7 Å². The Morgan fingerprint density at radius 3 is 2.67 bits per heavy atom. The van der Waals surface area contributed by atoms with Crippen LogP contribution in [-0.4, -0.2) is 34.1 Å². The number of hydrogen-bond acceptors (Lipinski definition) is 3. The van der Waals surface area contributed by atoms with Gasteiger partial charge < -0.3 is 4.90 Å². The number of rotatable bonds is 5. The molecular weight excluding hydrogens is 401 g/mol. The Bertz CT molecular complexity index is 1130. The van der Waals surface area contributed by atoms with Gasteiger partial charge in [-0.25, -0.2) is 9.37 Å². The lowest BCUT2D eigenvalue weighted by molar-refractivity contribution is 0.168. The van der Waals surface area contributed by atoms with Crippen molar-refractivity contribution < 1.29 is 4.39 Å². The lowest BCUT2D eigenvalue weighted by Gasteiger charge is -2.32. The first-order valence-corrected chi connectivity index (χ1v) is 11.1. The molecule has 2 heterocycles. The van der Waals surface area contributed by atoms with Crippen molar-refractivity contribution >= 4 is 22.5 Å². The summed E-state index contributed by atoms with van der Waals surface area (Å²) in [4.78, 5) is 20.7. The first-order chi connectivity index (χ1) is 14.5. The monoisotopic (exact) mass is 427 g/mol. The highest BCUT2D eigenvalue weighted by molar-refractivity contribution is 6.31. The van der Waals surface area contributed by atoms with Gasteiger partial charge in [-0.15, -0.1) is 0 Å². The minimum absolute atomic E-state index is 0.000491. The molecule has 2 aromatic carbocycles. The molecule has 0 spiro atoms. The van der Waals surface area contributed by atoms with Crippen LogP contribution in [0, 0.1) is 11.7 Å². The normalized spacial score (nSPS) is 17.5. The Morgan fingerprint density at radius 2 is 1.93 bits per heavy atom. The van der Waals surface area contributed by atoms with E-state index in [1.165, 1.54) is 12.5 Å². The number of piperidine rings is 1. The molecule has 1 aliphatic heterocycles. The van der Waals surface area contributed by atoms with Crippen LogP contribution in [0.4, 0.5) is 4.39 Å². The summed E-state index contributed by atoms with van der Waals surface area (Å²) in [5.74, 6) is 0.838. The third-order valence-electron chi connectivity index (χ3n) is 6.09. The Kier molecular flexibility index (Phi) is 6.21. The maximum Gasteiger partial charge on any atom is 0.261 e. The molecule has 0 N–H and O–H groups in total. The third kappa shape index (κ3) is 4.14. The molecule has 158 valence electrons. The fourth-order valence-corrected chi connectivity index (χ4v) is 4.61. The zero-order chi connectivity index (χ0) is 21.3. The van der Waals surface area contributed by atoms with Gasteiger partial charge in [-0.05, 0) is 67.2 Å². The van der Waals surface area contributed by atoms with Gasteiger partial charge >= 0.3 is 0 Å². The zero-order valence-electron chi connectivity index (χ0n) is 17.5. The van der Waals surface area contributed by atoms with E-state index < -0.39 is 5.82 Å².